The van der Waals surface area contributed by atoms with Gasteiger partial charge < -0.3 is 14.8 Å². The molecule has 0 bridgehead atoms. The molecule has 1 N–H and O–H groups in total. The summed E-state index contributed by atoms with van der Waals surface area (Å²) in [6.45, 7) is 3.23. The van der Waals surface area contributed by atoms with Crippen molar-refractivity contribution in [2.45, 2.75) is 31.8 Å². The Labute approximate surface area is 154 Å². The average Bonchev–Trinajstić information content (AvgIpc) is 3.06. The molecule has 26 heavy (non-hydrogen) atoms. The largest absolute Gasteiger partial charge is 0.497 e. The summed E-state index contributed by atoms with van der Waals surface area (Å²) in [5.74, 6) is 2.67. The van der Waals surface area contributed by atoms with E-state index >= 15 is 0 Å². The molecule has 0 unspecified atom stereocenters. The molecule has 1 aromatic heterocycles. The predicted octanol–water partition coefficient (Wildman–Crippen LogP) is 2.96. The summed E-state index contributed by atoms with van der Waals surface area (Å²) in [7, 11) is 3.40. The van der Waals surface area contributed by atoms with Crippen LogP contribution in [0, 0.1) is 5.41 Å². The fourth-order valence-electron chi connectivity index (χ4n) is 4.39. The zero-order chi connectivity index (χ0) is 18.0. The van der Waals surface area contributed by atoms with Crippen molar-refractivity contribution in [1.82, 2.24) is 14.9 Å². The molecule has 1 aromatic carbocycles. The highest BCUT2D eigenvalue weighted by Crippen LogP contribution is 2.49. The van der Waals surface area contributed by atoms with Gasteiger partial charge in [0.1, 0.15) is 23.6 Å². The van der Waals surface area contributed by atoms with E-state index in [-0.39, 0.29) is 0 Å². The van der Waals surface area contributed by atoms with Gasteiger partial charge >= 0.3 is 0 Å². The van der Waals surface area contributed by atoms with Gasteiger partial charge in [-0.05, 0) is 43.4 Å². The predicted molar refractivity (Wildman–Crippen MR) is 101 cm³/mol. The van der Waals surface area contributed by atoms with E-state index in [0.717, 1.165) is 37.0 Å². The number of nitrogens with one attached hydrogen (secondary N) is 1. The van der Waals surface area contributed by atoms with Crippen LogP contribution < -0.4 is 14.8 Å². The minimum atomic E-state index is 0.463. The molecule has 1 saturated heterocycles. The van der Waals surface area contributed by atoms with Gasteiger partial charge in [-0.1, -0.05) is 6.07 Å². The lowest BCUT2D eigenvalue weighted by molar-refractivity contribution is 0.119. The first-order valence-corrected chi connectivity index (χ1v) is 9.15. The summed E-state index contributed by atoms with van der Waals surface area (Å²) >= 11 is 0. The molecule has 1 spiro atoms. The van der Waals surface area contributed by atoms with Gasteiger partial charge in [-0.15, -0.1) is 0 Å². The maximum absolute atomic E-state index is 5.55. The molecule has 2 heterocycles. The van der Waals surface area contributed by atoms with Crippen LogP contribution >= 0.6 is 0 Å². The second-order valence-electron chi connectivity index (χ2n) is 7.48. The number of hydrogen-bond donors (Lipinski definition) is 1. The molecule has 2 aliphatic rings. The third kappa shape index (κ3) is 3.46. The Hall–Kier alpha value is -2.34. The number of ether oxygens (including phenoxy) is 2. The van der Waals surface area contributed by atoms with Crippen LogP contribution in [0.3, 0.4) is 0 Å². The molecule has 0 atom stereocenters. The highest BCUT2D eigenvalue weighted by Gasteiger charge is 2.48. The van der Waals surface area contributed by atoms with Gasteiger partial charge in [0.15, 0.2) is 0 Å². The second kappa shape index (κ2) is 7.11. The van der Waals surface area contributed by atoms with Crippen LogP contribution in [0.15, 0.2) is 36.8 Å². The van der Waals surface area contributed by atoms with Gasteiger partial charge in [0, 0.05) is 37.0 Å². The Morgan fingerprint density at radius 1 is 1.23 bits per heavy atom. The zero-order valence-corrected chi connectivity index (χ0v) is 15.4. The Morgan fingerprint density at radius 2 is 2.12 bits per heavy atom. The zero-order valence-electron chi connectivity index (χ0n) is 15.4. The number of nitrogens with zero attached hydrogens (tertiary/aromatic N) is 3. The number of rotatable bonds is 6. The summed E-state index contributed by atoms with van der Waals surface area (Å²) in [4.78, 5) is 10.8. The first kappa shape index (κ1) is 17.1. The van der Waals surface area contributed by atoms with Crippen molar-refractivity contribution < 1.29 is 9.47 Å². The van der Waals surface area contributed by atoms with Crippen molar-refractivity contribution >= 4 is 5.82 Å². The van der Waals surface area contributed by atoms with Crippen molar-refractivity contribution in [3.63, 3.8) is 0 Å². The SMILES string of the molecule is COc1ccc(CN2CCC3(CC(Nc4ccncn4)C3)C2)c(OC)c1. The second-order valence-corrected chi connectivity index (χ2v) is 7.48. The highest BCUT2D eigenvalue weighted by molar-refractivity contribution is 5.41. The van der Waals surface area contributed by atoms with Crippen LogP contribution in [0.4, 0.5) is 5.82 Å². The number of anilines is 1. The standard InChI is InChI=1S/C20H26N4O2/c1-25-17-4-3-15(18(9-17)26-2)12-24-8-6-20(13-24)10-16(11-20)23-19-5-7-21-14-22-19/h3-5,7,9,14,16H,6,8,10-13H2,1-2H3,(H,21,22,23). The lowest BCUT2D eigenvalue weighted by atomic mass is 9.65. The first-order valence-electron chi connectivity index (χ1n) is 9.15. The molecule has 4 rings (SSSR count). The van der Waals surface area contributed by atoms with E-state index < -0.39 is 0 Å². The molecule has 0 amide bonds. The smallest absolute Gasteiger partial charge is 0.129 e. The van der Waals surface area contributed by atoms with E-state index in [9.17, 15) is 0 Å². The molecular weight excluding hydrogens is 328 g/mol. The van der Waals surface area contributed by atoms with Crippen molar-refractivity contribution in [2.75, 3.05) is 32.6 Å². The normalized spacial score (nSPS) is 25.1. The maximum atomic E-state index is 5.55. The summed E-state index contributed by atoms with van der Waals surface area (Å²) in [5, 5.41) is 3.52. The topological polar surface area (TPSA) is 59.5 Å². The van der Waals surface area contributed by atoms with Gasteiger partial charge in [0.2, 0.25) is 0 Å². The third-order valence-electron chi connectivity index (χ3n) is 5.70. The number of benzene rings is 1. The molecule has 1 aliphatic heterocycles. The number of likely N-dealkylation sites (tertiary alicyclic amines) is 1. The van der Waals surface area contributed by atoms with Crippen molar-refractivity contribution in [3.05, 3.63) is 42.4 Å². The highest BCUT2D eigenvalue weighted by atomic mass is 16.5. The quantitative estimate of drug-likeness (QED) is 0.861. The summed E-state index contributed by atoms with van der Waals surface area (Å²) in [5.41, 5.74) is 1.69. The van der Waals surface area contributed by atoms with Gasteiger partial charge in [-0.25, -0.2) is 9.97 Å². The lowest BCUT2D eigenvalue weighted by Gasteiger charge is -2.45. The van der Waals surface area contributed by atoms with Crippen molar-refractivity contribution in [1.29, 1.82) is 0 Å². The number of aromatic nitrogens is 2. The monoisotopic (exact) mass is 354 g/mol. The van der Waals surface area contributed by atoms with Crippen LogP contribution in [0.25, 0.3) is 0 Å². The Balaban J connectivity index is 1.32. The van der Waals surface area contributed by atoms with Crippen LogP contribution in [0.5, 0.6) is 11.5 Å². The van der Waals surface area contributed by atoms with Gasteiger partial charge in [0.05, 0.1) is 14.2 Å². The van der Waals surface area contributed by atoms with E-state index in [0.29, 0.717) is 11.5 Å². The fourth-order valence-corrected chi connectivity index (χ4v) is 4.39. The van der Waals surface area contributed by atoms with E-state index in [4.69, 9.17) is 9.47 Å². The molecule has 138 valence electrons. The molecular formula is C20H26N4O2. The number of hydrogen-bond acceptors (Lipinski definition) is 6. The third-order valence-corrected chi connectivity index (χ3v) is 5.70. The maximum Gasteiger partial charge on any atom is 0.129 e. The van der Waals surface area contributed by atoms with Gasteiger partial charge in [-0.3, -0.25) is 4.90 Å². The Bertz CT molecular complexity index is 747. The Kier molecular flexibility index (Phi) is 4.68. The molecule has 2 aromatic rings. The fraction of sp³-hybridized carbons (Fsp3) is 0.500. The summed E-state index contributed by atoms with van der Waals surface area (Å²) in [6, 6.07) is 8.55. The molecule has 1 aliphatic carbocycles. The lowest BCUT2D eigenvalue weighted by Crippen LogP contribution is -2.46. The van der Waals surface area contributed by atoms with Crippen LogP contribution in [-0.2, 0) is 6.54 Å². The molecule has 0 radical (unpaired) electrons. The van der Waals surface area contributed by atoms with Crippen LogP contribution in [0.2, 0.25) is 0 Å². The van der Waals surface area contributed by atoms with Crippen LogP contribution in [-0.4, -0.2) is 48.2 Å². The molecule has 6 heteroatoms. The minimum Gasteiger partial charge on any atom is -0.497 e. The Morgan fingerprint density at radius 3 is 2.85 bits per heavy atom. The van der Waals surface area contributed by atoms with E-state index in [1.54, 1.807) is 26.7 Å². The molecule has 6 nitrogen and oxygen atoms in total. The summed E-state index contributed by atoms with van der Waals surface area (Å²) in [6.07, 6.45) is 7.08. The first-order chi connectivity index (χ1) is 12.7. The average molecular weight is 354 g/mol. The van der Waals surface area contributed by atoms with E-state index in [1.165, 1.54) is 24.8 Å². The van der Waals surface area contributed by atoms with E-state index in [1.807, 2.05) is 18.2 Å². The van der Waals surface area contributed by atoms with Crippen LogP contribution in [0.1, 0.15) is 24.8 Å². The summed E-state index contributed by atoms with van der Waals surface area (Å²) < 4.78 is 10.8. The number of methoxy groups -OCH3 is 2. The van der Waals surface area contributed by atoms with Crippen molar-refractivity contribution in [2.24, 2.45) is 5.41 Å². The van der Waals surface area contributed by atoms with Gasteiger partial charge in [-0.2, -0.15) is 0 Å². The minimum absolute atomic E-state index is 0.463. The molecule has 2 fully saturated rings. The van der Waals surface area contributed by atoms with Gasteiger partial charge in [0.25, 0.3) is 0 Å². The van der Waals surface area contributed by atoms with E-state index in [2.05, 4.69) is 26.3 Å². The molecule has 1 saturated carbocycles. The van der Waals surface area contributed by atoms with Crippen molar-refractivity contribution in [3.8, 4) is 11.5 Å².